The smallest absolute Gasteiger partial charge is 0.258 e. The molecule has 0 aliphatic heterocycles. The Balaban J connectivity index is 1.97. The topological polar surface area (TPSA) is 59.2 Å². The number of aromatic hydroxyl groups is 1. The monoisotopic (exact) mass is 328 g/mol. The van der Waals surface area contributed by atoms with Crippen molar-refractivity contribution < 1.29 is 9.63 Å². The molecule has 1 N–H and O–H groups in total. The molecule has 1 fully saturated rings. The van der Waals surface area contributed by atoms with E-state index in [1.54, 1.807) is 6.07 Å². The predicted octanol–water partition coefficient (Wildman–Crippen LogP) is 2.92. The van der Waals surface area contributed by atoms with Gasteiger partial charge in [0.05, 0.1) is 3.57 Å². The highest BCUT2D eigenvalue weighted by Crippen LogP contribution is 2.39. The number of phenols is 1. The molecular formula is C11H9IN2O2. The maximum atomic E-state index is 9.59. The van der Waals surface area contributed by atoms with Crippen LogP contribution in [0.15, 0.2) is 22.7 Å². The molecule has 2 aromatic rings. The van der Waals surface area contributed by atoms with Crippen LogP contribution in [0.1, 0.15) is 24.6 Å². The van der Waals surface area contributed by atoms with Crippen LogP contribution in [-0.2, 0) is 0 Å². The summed E-state index contributed by atoms with van der Waals surface area (Å²) in [6, 6.07) is 5.34. The lowest BCUT2D eigenvalue weighted by atomic mass is 10.2. The SMILES string of the molecule is Oc1cc(-c2nc(C3CC3)no2)ccc1I. The molecule has 1 heterocycles. The first-order valence-electron chi connectivity index (χ1n) is 5.06. The summed E-state index contributed by atoms with van der Waals surface area (Å²) < 4.78 is 5.98. The number of halogens is 1. The maximum absolute atomic E-state index is 9.59. The third-order valence-corrected chi connectivity index (χ3v) is 3.49. The molecule has 1 saturated carbocycles. The highest BCUT2D eigenvalue weighted by Gasteiger charge is 2.29. The van der Waals surface area contributed by atoms with Crippen LogP contribution in [0.4, 0.5) is 0 Å². The first kappa shape index (κ1) is 10.1. The van der Waals surface area contributed by atoms with Crippen LogP contribution in [0.25, 0.3) is 11.5 Å². The minimum atomic E-state index is 0.240. The molecule has 5 heteroatoms. The van der Waals surface area contributed by atoms with Gasteiger partial charge in [0, 0.05) is 11.5 Å². The summed E-state index contributed by atoms with van der Waals surface area (Å²) in [5.41, 5.74) is 0.761. The number of nitrogens with zero attached hydrogens (tertiary/aromatic N) is 2. The van der Waals surface area contributed by atoms with E-state index in [9.17, 15) is 5.11 Å². The fourth-order valence-corrected chi connectivity index (χ4v) is 1.84. The highest BCUT2D eigenvalue weighted by molar-refractivity contribution is 14.1. The minimum absolute atomic E-state index is 0.240. The van der Waals surface area contributed by atoms with E-state index in [0.717, 1.165) is 27.8 Å². The van der Waals surface area contributed by atoms with Crippen LogP contribution >= 0.6 is 22.6 Å². The molecule has 0 radical (unpaired) electrons. The number of hydrogen-bond donors (Lipinski definition) is 1. The van der Waals surface area contributed by atoms with Crippen molar-refractivity contribution in [3.05, 3.63) is 27.6 Å². The number of rotatable bonds is 2. The summed E-state index contributed by atoms with van der Waals surface area (Å²) in [4.78, 5) is 4.32. The van der Waals surface area contributed by atoms with Gasteiger partial charge in [0.25, 0.3) is 5.89 Å². The van der Waals surface area contributed by atoms with Gasteiger partial charge in [-0.15, -0.1) is 0 Å². The third-order valence-electron chi connectivity index (χ3n) is 2.58. The van der Waals surface area contributed by atoms with E-state index in [4.69, 9.17) is 4.52 Å². The lowest BCUT2D eigenvalue weighted by Crippen LogP contribution is -1.83. The van der Waals surface area contributed by atoms with E-state index in [0.29, 0.717) is 11.8 Å². The Bertz CT molecular complexity index is 535. The van der Waals surface area contributed by atoms with Crippen LogP contribution in [0, 0.1) is 3.57 Å². The van der Waals surface area contributed by atoms with Crippen LogP contribution < -0.4 is 0 Å². The summed E-state index contributed by atoms with van der Waals surface area (Å²) in [5, 5.41) is 13.5. The second-order valence-corrected chi connectivity index (χ2v) is 5.06. The van der Waals surface area contributed by atoms with Gasteiger partial charge in [0.2, 0.25) is 0 Å². The summed E-state index contributed by atoms with van der Waals surface area (Å²) in [5.74, 6) is 1.99. The number of benzene rings is 1. The van der Waals surface area contributed by atoms with E-state index < -0.39 is 0 Å². The Kier molecular flexibility index (Phi) is 2.34. The highest BCUT2D eigenvalue weighted by atomic mass is 127. The van der Waals surface area contributed by atoms with Crippen LogP contribution in [-0.4, -0.2) is 15.2 Å². The van der Waals surface area contributed by atoms with Crippen LogP contribution in [0.5, 0.6) is 5.75 Å². The molecule has 0 bridgehead atoms. The summed E-state index contributed by atoms with van der Waals surface area (Å²) >= 11 is 2.07. The van der Waals surface area contributed by atoms with Gasteiger partial charge in [0.1, 0.15) is 5.75 Å². The zero-order valence-corrected chi connectivity index (χ0v) is 10.5. The summed E-state index contributed by atoms with van der Waals surface area (Å²) in [6.45, 7) is 0. The molecular weight excluding hydrogens is 319 g/mol. The van der Waals surface area contributed by atoms with Gasteiger partial charge in [-0.05, 0) is 53.6 Å². The average molecular weight is 328 g/mol. The van der Waals surface area contributed by atoms with Gasteiger partial charge in [-0.3, -0.25) is 0 Å². The maximum Gasteiger partial charge on any atom is 0.258 e. The Morgan fingerprint density at radius 2 is 2.19 bits per heavy atom. The molecule has 0 atom stereocenters. The fraction of sp³-hybridized carbons (Fsp3) is 0.273. The number of aromatic nitrogens is 2. The van der Waals surface area contributed by atoms with E-state index in [1.165, 1.54) is 0 Å². The lowest BCUT2D eigenvalue weighted by Gasteiger charge is -1.98. The predicted molar refractivity (Wildman–Crippen MR) is 66.1 cm³/mol. The standard InChI is InChI=1S/C11H9IN2O2/c12-8-4-3-7(5-9(8)15)11-13-10(14-16-11)6-1-2-6/h3-6,15H,1-2H2. The molecule has 0 saturated heterocycles. The van der Waals surface area contributed by atoms with Gasteiger partial charge in [-0.1, -0.05) is 5.16 Å². The van der Waals surface area contributed by atoms with E-state index >= 15 is 0 Å². The third kappa shape index (κ3) is 1.79. The largest absolute Gasteiger partial charge is 0.507 e. The zero-order valence-electron chi connectivity index (χ0n) is 8.35. The first-order chi connectivity index (χ1) is 7.74. The van der Waals surface area contributed by atoms with Gasteiger partial charge in [-0.25, -0.2) is 0 Å². The van der Waals surface area contributed by atoms with Crippen molar-refractivity contribution in [1.29, 1.82) is 0 Å². The van der Waals surface area contributed by atoms with Crippen molar-refractivity contribution in [2.24, 2.45) is 0 Å². The van der Waals surface area contributed by atoms with Crippen molar-refractivity contribution in [2.45, 2.75) is 18.8 Å². The Hall–Kier alpha value is -1.11. The van der Waals surface area contributed by atoms with Crippen LogP contribution in [0.2, 0.25) is 0 Å². The molecule has 0 amide bonds. The number of hydrogen-bond acceptors (Lipinski definition) is 4. The first-order valence-corrected chi connectivity index (χ1v) is 6.14. The summed E-state index contributed by atoms with van der Waals surface area (Å²) in [6.07, 6.45) is 2.30. The van der Waals surface area contributed by atoms with Crippen molar-refractivity contribution in [3.8, 4) is 17.2 Å². The molecule has 0 spiro atoms. The van der Waals surface area contributed by atoms with Gasteiger partial charge < -0.3 is 9.63 Å². The Morgan fingerprint density at radius 3 is 2.88 bits per heavy atom. The average Bonchev–Trinajstić information content (AvgIpc) is 3.01. The van der Waals surface area contributed by atoms with Gasteiger partial charge >= 0.3 is 0 Å². The van der Waals surface area contributed by atoms with E-state index in [-0.39, 0.29) is 5.75 Å². The van der Waals surface area contributed by atoms with Crippen molar-refractivity contribution in [2.75, 3.05) is 0 Å². The van der Waals surface area contributed by atoms with Crippen molar-refractivity contribution in [3.63, 3.8) is 0 Å². The minimum Gasteiger partial charge on any atom is -0.507 e. The van der Waals surface area contributed by atoms with E-state index in [1.807, 2.05) is 12.1 Å². The van der Waals surface area contributed by atoms with Gasteiger partial charge in [0.15, 0.2) is 5.82 Å². The Labute approximate surface area is 106 Å². The molecule has 4 nitrogen and oxygen atoms in total. The molecule has 16 heavy (non-hydrogen) atoms. The molecule has 82 valence electrons. The summed E-state index contributed by atoms with van der Waals surface area (Å²) in [7, 11) is 0. The van der Waals surface area contributed by atoms with Gasteiger partial charge in [-0.2, -0.15) is 4.98 Å². The zero-order chi connectivity index (χ0) is 11.1. The second kappa shape index (κ2) is 3.73. The normalized spacial score (nSPS) is 15.3. The molecule has 1 aliphatic carbocycles. The van der Waals surface area contributed by atoms with Crippen LogP contribution in [0.3, 0.4) is 0 Å². The van der Waals surface area contributed by atoms with Crippen molar-refractivity contribution >= 4 is 22.6 Å². The molecule has 0 unspecified atom stereocenters. The van der Waals surface area contributed by atoms with E-state index in [2.05, 4.69) is 32.7 Å². The second-order valence-electron chi connectivity index (χ2n) is 3.90. The lowest BCUT2D eigenvalue weighted by molar-refractivity contribution is 0.422. The fourth-order valence-electron chi connectivity index (χ4n) is 1.51. The quantitative estimate of drug-likeness (QED) is 0.861. The molecule has 1 aliphatic rings. The number of phenolic OH excluding ortho intramolecular Hbond substituents is 1. The molecule has 1 aromatic carbocycles. The molecule has 3 rings (SSSR count). The van der Waals surface area contributed by atoms with Crippen molar-refractivity contribution in [1.82, 2.24) is 10.1 Å². The Morgan fingerprint density at radius 1 is 1.38 bits per heavy atom. The molecule has 1 aromatic heterocycles.